The zero-order chi connectivity index (χ0) is 15.1. The lowest BCUT2D eigenvalue weighted by molar-refractivity contribution is -0.384. The molecule has 0 amide bonds. The van der Waals surface area contributed by atoms with Crippen LogP contribution in [-0.2, 0) is 6.54 Å². The maximum absolute atomic E-state index is 10.9. The second-order valence-electron chi connectivity index (χ2n) is 4.18. The van der Waals surface area contributed by atoms with Crippen molar-refractivity contribution in [3.05, 3.63) is 64.2 Å². The molecule has 0 unspecified atom stereocenters. The van der Waals surface area contributed by atoms with Crippen molar-refractivity contribution in [1.29, 1.82) is 5.26 Å². The molecule has 0 aromatic heterocycles. The fourth-order valence-corrected chi connectivity index (χ4v) is 1.87. The standard InChI is InChI=1S/C15H13N3O3/c16-9-10-21-15-8-4-1-5-12(15)11-17-13-6-2-3-7-14(13)18(19)20/h1-8,17H,10-11H2. The van der Waals surface area contributed by atoms with Crippen molar-refractivity contribution in [3.63, 3.8) is 0 Å². The van der Waals surface area contributed by atoms with Crippen LogP contribution < -0.4 is 10.1 Å². The van der Waals surface area contributed by atoms with Gasteiger partial charge < -0.3 is 10.1 Å². The van der Waals surface area contributed by atoms with Gasteiger partial charge in [0.15, 0.2) is 6.61 Å². The summed E-state index contributed by atoms with van der Waals surface area (Å²) in [5.74, 6) is 0.588. The first-order valence-corrected chi connectivity index (χ1v) is 6.27. The summed E-state index contributed by atoms with van der Waals surface area (Å²) in [6.45, 7) is 0.328. The van der Waals surface area contributed by atoms with Gasteiger partial charge >= 0.3 is 0 Å². The summed E-state index contributed by atoms with van der Waals surface area (Å²) >= 11 is 0. The molecule has 6 heteroatoms. The van der Waals surface area contributed by atoms with Crippen molar-refractivity contribution < 1.29 is 9.66 Å². The van der Waals surface area contributed by atoms with Crippen LogP contribution in [0.15, 0.2) is 48.5 Å². The van der Waals surface area contributed by atoms with Gasteiger partial charge in [0.25, 0.3) is 5.69 Å². The Morgan fingerprint density at radius 3 is 2.67 bits per heavy atom. The molecule has 0 aliphatic carbocycles. The van der Waals surface area contributed by atoms with Crippen LogP contribution in [0.4, 0.5) is 11.4 Å². The summed E-state index contributed by atoms with van der Waals surface area (Å²) in [7, 11) is 0. The normalized spacial score (nSPS) is 9.67. The van der Waals surface area contributed by atoms with Gasteiger partial charge in [-0.3, -0.25) is 10.1 Å². The number of nitro benzene ring substituents is 1. The molecule has 21 heavy (non-hydrogen) atoms. The van der Waals surface area contributed by atoms with E-state index in [1.165, 1.54) is 6.07 Å². The molecule has 1 N–H and O–H groups in total. The van der Waals surface area contributed by atoms with Crippen LogP contribution in [0, 0.1) is 21.4 Å². The number of nitrogens with zero attached hydrogens (tertiary/aromatic N) is 2. The fourth-order valence-electron chi connectivity index (χ4n) is 1.87. The predicted octanol–water partition coefficient (Wildman–Crippen LogP) is 3.11. The Balaban J connectivity index is 2.14. The van der Waals surface area contributed by atoms with Crippen LogP contribution in [0.3, 0.4) is 0 Å². The second-order valence-corrected chi connectivity index (χ2v) is 4.18. The molecular weight excluding hydrogens is 270 g/mol. The molecule has 0 atom stereocenters. The summed E-state index contributed by atoms with van der Waals surface area (Å²) in [5.41, 5.74) is 1.29. The number of ether oxygens (including phenoxy) is 1. The first-order chi connectivity index (χ1) is 10.2. The van der Waals surface area contributed by atoms with E-state index in [0.29, 0.717) is 18.0 Å². The van der Waals surface area contributed by atoms with E-state index in [0.717, 1.165) is 5.56 Å². The van der Waals surface area contributed by atoms with Crippen molar-refractivity contribution in [2.24, 2.45) is 0 Å². The van der Waals surface area contributed by atoms with E-state index in [1.54, 1.807) is 30.3 Å². The maximum atomic E-state index is 10.9. The molecule has 2 rings (SSSR count). The molecule has 0 saturated heterocycles. The van der Waals surface area contributed by atoms with Crippen LogP contribution >= 0.6 is 0 Å². The third kappa shape index (κ3) is 3.70. The van der Waals surface area contributed by atoms with Crippen LogP contribution in [0.25, 0.3) is 0 Å². The Bertz CT molecular complexity index is 680. The molecule has 0 bridgehead atoms. The molecule has 6 nitrogen and oxygen atoms in total. The van der Waals surface area contributed by atoms with Gasteiger partial charge in [0.05, 0.1) is 4.92 Å². The van der Waals surface area contributed by atoms with Gasteiger partial charge in [0.1, 0.15) is 17.5 Å². The first-order valence-electron chi connectivity index (χ1n) is 6.27. The average Bonchev–Trinajstić information content (AvgIpc) is 2.52. The Kier molecular flexibility index (Phi) is 4.72. The van der Waals surface area contributed by atoms with Crippen LogP contribution in [0.2, 0.25) is 0 Å². The molecule has 106 valence electrons. The molecule has 2 aromatic carbocycles. The van der Waals surface area contributed by atoms with Crippen molar-refractivity contribution in [3.8, 4) is 11.8 Å². The van der Waals surface area contributed by atoms with Crippen LogP contribution in [0.5, 0.6) is 5.75 Å². The number of nitriles is 1. The van der Waals surface area contributed by atoms with E-state index in [-0.39, 0.29) is 12.3 Å². The zero-order valence-electron chi connectivity index (χ0n) is 11.2. The Morgan fingerprint density at radius 1 is 1.19 bits per heavy atom. The number of nitro groups is 1. The lowest BCUT2D eigenvalue weighted by atomic mass is 10.2. The van der Waals surface area contributed by atoms with E-state index >= 15 is 0 Å². The zero-order valence-corrected chi connectivity index (χ0v) is 11.2. The third-order valence-corrected chi connectivity index (χ3v) is 2.83. The van der Waals surface area contributed by atoms with Gasteiger partial charge in [-0.25, -0.2) is 0 Å². The number of hydrogen-bond acceptors (Lipinski definition) is 5. The molecule has 0 saturated carbocycles. The number of nitrogens with one attached hydrogen (secondary N) is 1. The van der Waals surface area contributed by atoms with E-state index in [4.69, 9.17) is 10.00 Å². The lowest BCUT2D eigenvalue weighted by Crippen LogP contribution is -2.05. The summed E-state index contributed by atoms with van der Waals surface area (Å²) < 4.78 is 5.32. The highest BCUT2D eigenvalue weighted by atomic mass is 16.6. The molecule has 0 aliphatic heterocycles. The maximum Gasteiger partial charge on any atom is 0.292 e. The quantitative estimate of drug-likeness (QED) is 0.650. The van der Waals surface area contributed by atoms with E-state index < -0.39 is 4.92 Å². The molecule has 0 aliphatic rings. The molecular formula is C15H13N3O3. The highest BCUT2D eigenvalue weighted by molar-refractivity contribution is 5.61. The molecule has 2 aromatic rings. The van der Waals surface area contributed by atoms with Gasteiger partial charge in [-0.2, -0.15) is 5.26 Å². The summed E-state index contributed by atoms with van der Waals surface area (Å²) in [5, 5.41) is 22.5. The minimum Gasteiger partial charge on any atom is -0.478 e. The number of anilines is 1. The Hall–Kier alpha value is -3.07. The largest absolute Gasteiger partial charge is 0.478 e. The van der Waals surface area contributed by atoms with E-state index in [2.05, 4.69) is 5.32 Å². The number of rotatable bonds is 6. The number of benzene rings is 2. The Labute approximate surface area is 121 Å². The minimum absolute atomic E-state index is 0.0212. The topological polar surface area (TPSA) is 88.2 Å². The van der Waals surface area contributed by atoms with Gasteiger partial charge in [0.2, 0.25) is 0 Å². The van der Waals surface area contributed by atoms with E-state index in [9.17, 15) is 10.1 Å². The van der Waals surface area contributed by atoms with Gasteiger partial charge in [0, 0.05) is 18.2 Å². The molecule has 0 radical (unpaired) electrons. The van der Waals surface area contributed by atoms with Crippen LogP contribution in [-0.4, -0.2) is 11.5 Å². The lowest BCUT2D eigenvalue weighted by Gasteiger charge is -2.11. The molecule has 0 spiro atoms. The first kappa shape index (κ1) is 14.3. The second kappa shape index (κ2) is 6.91. The minimum atomic E-state index is -0.430. The summed E-state index contributed by atoms with van der Waals surface area (Å²) in [6, 6.07) is 15.6. The highest BCUT2D eigenvalue weighted by Crippen LogP contribution is 2.25. The van der Waals surface area contributed by atoms with E-state index in [1.807, 2.05) is 18.2 Å². The smallest absolute Gasteiger partial charge is 0.292 e. The molecule has 0 heterocycles. The predicted molar refractivity (Wildman–Crippen MR) is 78.0 cm³/mol. The Morgan fingerprint density at radius 2 is 1.90 bits per heavy atom. The summed E-state index contributed by atoms with van der Waals surface area (Å²) in [4.78, 5) is 10.5. The van der Waals surface area contributed by atoms with Crippen molar-refractivity contribution in [1.82, 2.24) is 0 Å². The fraction of sp³-hybridized carbons (Fsp3) is 0.133. The van der Waals surface area contributed by atoms with Crippen LogP contribution in [0.1, 0.15) is 5.56 Å². The van der Waals surface area contributed by atoms with Crippen molar-refractivity contribution >= 4 is 11.4 Å². The average molecular weight is 283 g/mol. The monoisotopic (exact) mass is 283 g/mol. The van der Waals surface area contributed by atoms with Gasteiger partial charge in [-0.15, -0.1) is 0 Å². The summed E-state index contributed by atoms with van der Waals surface area (Å²) in [6.07, 6.45) is 0. The number of hydrogen-bond donors (Lipinski definition) is 1. The number of para-hydroxylation sites is 3. The SMILES string of the molecule is N#CCOc1ccccc1CNc1ccccc1[N+](=O)[O-]. The highest BCUT2D eigenvalue weighted by Gasteiger charge is 2.12. The van der Waals surface area contributed by atoms with Crippen molar-refractivity contribution in [2.75, 3.05) is 11.9 Å². The van der Waals surface area contributed by atoms with Gasteiger partial charge in [-0.1, -0.05) is 30.3 Å². The third-order valence-electron chi connectivity index (χ3n) is 2.83. The molecule has 0 fully saturated rings. The van der Waals surface area contributed by atoms with Gasteiger partial charge in [-0.05, 0) is 12.1 Å². The van der Waals surface area contributed by atoms with Crippen molar-refractivity contribution in [2.45, 2.75) is 6.54 Å².